The van der Waals surface area contributed by atoms with E-state index in [2.05, 4.69) is 24.5 Å². The summed E-state index contributed by atoms with van der Waals surface area (Å²) in [5.41, 5.74) is 3.78. The van der Waals surface area contributed by atoms with Gasteiger partial charge in [0.2, 0.25) is 5.91 Å². The van der Waals surface area contributed by atoms with Crippen molar-refractivity contribution in [3.8, 4) is 0 Å². The number of carbonyl (C=O) groups is 2. The number of rotatable bonds is 7. The summed E-state index contributed by atoms with van der Waals surface area (Å²) in [5, 5.41) is 7.77. The third-order valence-electron chi connectivity index (χ3n) is 4.74. The average Bonchev–Trinajstić information content (AvgIpc) is 3.20. The Hall–Kier alpha value is -2.92. The van der Waals surface area contributed by atoms with Gasteiger partial charge in [-0.15, -0.1) is 11.3 Å². The van der Waals surface area contributed by atoms with E-state index in [0.29, 0.717) is 11.6 Å². The lowest BCUT2D eigenvalue weighted by atomic mass is 10.0. The van der Waals surface area contributed by atoms with Gasteiger partial charge in [0.1, 0.15) is 6.04 Å². The molecule has 3 aromatic rings. The molecule has 0 saturated heterocycles. The van der Waals surface area contributed by atoms with Crippen LogP contribution in [0.15, 0.2) is 66.0 Å². The lowest BCUT2D eigenvalue weighted by Crippen LogP contribution is -2.37. The molecule has 0 spiro atoms. The Bertz CT molecular complexity index is 946. The van der Waals surface area contributed by atoms with E-state index in [4.69, 9.17) is 0 Å². The highest BCUT2D eigenvalue weighted by molar-refractivity contribution is 7.10. The Labute approximate surface area is 176 Å². The summed E-state index contributed by atoms with van der Waals surface area (Å²) >= 11 is 1.53. The normalized spacial score (nSPS) is 11.9. The Balaban J connectivity index is 1.76. The highest BCUT2D eigenvalue weighted by atomic mass is 32.1. The van der Waals surface area contributed by atoms with Crippen molar-refractivity contribution in [1.82, 2.24) is 5.32 Å². The summed E-state index contributed by atoms with van der Waals surface area (Å²) in [4.78, 5) is 26.6. The maximum absolute atomic E-state index is 13.0. The molecule has 0 saturated carbocycles. The summed E-state index contributed by atoms with van der Waals surface area (Å²) in [5.74, 6) is -0.00870. The van der Waals surface area contributed by atoms with Gasteiger partial charge in [0, 0.05) is 10.6 Å². The predicted molar refractivity (Wildman–Crippen MR) is 119 cm³/mol. The Morgan fingerprint density at radius 2 is 1.59 bits per heavy atom. The number of anilines is 1. The van der Waals surface area contributed by atoms with Crippen LogP contribution in [0.1, 0.15) is 47.4 Å². The quantitative estimate of drug-likeness (QED) is 0.565. The fourth-order valence-corrected chi connectivity index (χ4v) is 3.71. The minimum atomic E-state index is -0.757. The van der Waals surface area contributed by atoms with E-state index in [1.54, 1.807) is 0 Å². The zero-order valence-electron chi connectivity index (χ0n) is 16.9. The molecule has 0 fully saturated rings. The highest BCUT2D eigenvalue weighted by Crippen LogP contribution is 2.20. The van der Waals surface area contributed by atoms with Gasteiger partial charge in [-0.3, -0.25) is 9.59 Å². The zero-order valence-corrected chi connectivity index (χ0v) is 17.8. The number of benzene rings is 2. The number of aryl methyl sites for hydroxylation is 1. The molecule has 0 radical (unpaired) electrons. The number of thiophene rings is 1. The summed E-state index contributed by atoms with van der Waals surface area (Å²) in [6, 6.07) is 18.5. The molecule has 0 aliphatic carbocycles. The van der Waals surface area contributed by atoms with Crippen LogP contribution in [0.2, 0.25) is 0 Å². The van der Waals surface area contributed by atoms with Crippen molar-refractivity contribution in [2.45, 2.75) is 39.2 Å². The molecule has 5 heteroatoms. The van der Waals surface area contributed by atoms with Gasteiger partial charge >= 0.3 is 0 Å². The van der Waals surface area contributed by atoms with E-state index in [1.807, 2.05) is 73.0 Å². The smallest absolute Gasteiger partial charge is 0.251 e. The van der Waals surface area contributed by atoms with Crippen molar-refractivity contribution in [3.05, 3.63) is 87.6 Å². The van der Waals surface area contributed by atoms with Gasteiger partial charge in [0.25, 0.3) is 5.91 Å². The summed E-state index contributed by atoms with van der Waals surface area (Å²) < 4.78 is 0. The Morgan fingerprint density at radius 3 is 2.17 bits per heavy atom. The molecule has 2 N–H and O–H groups in total. The van der Waals surface area contributed by atoms with Crippen LogP contribution in [0, 0.1) is 6.92 Å². The summed E-state index contributed by atoms with van der Waals surface area (Å²) in [6.45, 7) is 6.25. The molecule has 29 heavy (non-hydrogen) atoms. The van der Waals surface area contributed by atoms with E-state index >= 15 is 0 Å². The molecule has 1 heterocycles. The van der Waals surface area contributed by atoms with E-state index in [9.17, 15) is 9.59 Å². The van der Waals surface area contributed by atoms with Gasteiger partial charge in [-0.1, -0.05) is 61.9 Å². The first kappa shape index (κ1) is 20.8. The van der Waals surface area contributed by atoms with Crippen LogP contribution in [0.4, 0.5) is 5.69 Å². The predicted octanol–water partition coefficient (Wildman–Crippen LogP) is 5.22. The molecule has 4 nitrogen and oxygen atoms in total. The maximum atomic E-state index is 13.0. The van der Waals surface area contributed by atoms with Gasteiger partial charge < -0.3 is 10.6 Å². The molecule has 1 aromatic heterocycles. The third kappa shape index (κ3) is 5.78. The van der Waals surface area contributed by atoms with Crippen LogP contribution in [0.5, 0.6) is 0 Å². The minimum absolute atomic E-state index is 0.177. The van der Waals surface area contributed by atoms with E-state index in [0.717, 1.165) is 16.0 Å². The average molecular weight is 407 g/mol. The van der Waals surface area contributed by atoms with Crippen LogP contribution in [-0.4, -0.2) is 11.8 Å². The molecular formula is C24H26N2O2S. The minimum Gasteiger partial charge on any atom is -0.340 e. The lowest BCUT2D eigenvalue weighted by Gasteiger charge is -2.19. The van der Waals surface area contributed by atoms with Gasteiger partial charge in [0.05, 0.1) is 6.42 Å². The van der Waals surface area contributed by atoms with Crippen molar-refractivity contribution >= 4 is 28.8 Å². The van der Waals surface area contributed by atoms with Gasteiger partial charge in [-0.2, -0.15) is 0 Å². The number of amides is 2. The first-order chi connectivity index (χ1) is 13.9. The van der Waals surface area contributed by atoms with Crippen molar-refractivity contribution in [2.75, 3.05) is 5.32 Å². The number of nitrogens with one attached hydrogen (secondary N) is 2. The molecule has 0 bridgehead atoms. The fourth-order valence-electron chi connectivity index (χ4n) is 3.01. The molecule has 0 unspecified atom stereocenters. The summed E-state index contributed by atoms with van der Waals surface area (Å²) in [7, 11) is 0. The Morgan fingerprint density at radius 1 is 0.931 bits per heavy atom. The maximum Gasteiger partial charge on any atom is 0.251 e. The van der Waals surface area contributed by atoms with Crippen LogP contribution < -0.4 is 10.6 Å². The fraction of sp³-hybridized carbons (Fsp3) is 0.250. The van der Waals surface area contributed by atoms with Gasteiger partial charge in [-0.05, 0) is 47.5 Å². The molecule has 0 aliphatic heterocycles. The standard InChI is InChI=1S/C24H26N2O2S/c1-16(2)18-10-12-20(13-11-18)25-24(28)23(19-8-6-17(3)7-9-19)26-22(27)15-21-5-4-14-29-21/h4-14,16,23H,15H2,1-3H3,(H,25,28)(H,26,27)/t23-/m1/s1. The zero-order chi connectivity index (χ0) is 20.8. The second-order valence-electron chi connectivity index (χ2n) is 7.43. The van der Waals surface area contributed by atoms with Crippen LogP contribution in [0.3, 0.4) is 0 Å². The van der Waals surface area contributed by atoms with E-state index < -0.39 is 6.04 Å². The largest absolute Gasteiger partial charge is 0.340 e. The second kappa shape index (κ2) is 9.52. The molecule has 2 amide bonds. The van der Waals surface area contributed by atoms with E-state index in [1.165, 1.54) is 16.9 Å². The SMILES string of the molecule is Cc1ccc([C@@H](NC(=O)Cc2cccs2)C(=O)Nc2ccc(C(C)C)cc2)cc1. The molecular weight excluding hydrogens is 380 g/mol. The molecule has 3 rings (SSSR count). The second-order valence-corrected chi connectivity index (χ2v) is 8.47. The monoisotopic (exact) mass is 406 g/mol. The Kier molecular flexibility index (Phi) is 6.83. The molecule has 150 valence electrons. The van der Waals surface area contributed by atoms with Crippen molar-refractivity contribution in [3.63, 3.8) is 0 Å². The van der Waals surface area contributed by atoms with E-state index in [-0.39, 0.29) is 18.2 Å². The van der Waals surface area contributed by atoms with Crippen LogP contribution in [0.25, 0.3) is 0 Å². The first-order valence-corrected chi connectivity index (χ1v) is 10.6. The first-order valence-electron chi connectivity index (χ1n) is 9.71. The van der Waals surface area contributed by atoms with Crippen molar-refractivity contribution < 1.29 is 9.59 Å². The van der Waals surface area contributed by atoms with Crippen LogP contribution >= 0.6 is 11.3 Å². The van der Waals surface area contributed by atoms with Gasteiger partial charge in [-0.25, -0.2) is 0 Å². The highest BCUT2D eigenvalue weighted by Gasteiger charge is 2.23. The molecule has 1 atom stereocenters. The van der Waals surface area contributed by atoms with Gasteiger partial charge in [0.15, 0.2) is 0 Å². The topological polar surface area (TPSA) is 58.2 Å². The molecule has 0 aliphatic rings. The van der Waals surface area contributed by atoms with Crippen molar-refractivity contribution in [1.29, 1.82) is 0 Å². The third-order valence-corrected chi connectivity index (χ3v) is 5.61. The summed E-state index contributed by atoms with van der Waals surface area (Å²) in [6.07, 6.45) is 0.260. The number of carbonyl (C=O) groups excluding carboxylic acids is 2. The number of hydrogen-bond donors (Lipinski definition) is 2. The molecule has 2 aromatic carbocycles. The number of hydrogen-bond acceptors (Lipinski definition) is 3. The van der Waals surface area contributed by atoms with Crippen LogP contribution in [-0.2, 0) is 16.0 Å². The lowest BCUT2D eigenvalue weighted by molar-refractivity contribution is -0.126. The van der Waals surface area contributed by atoms with Crippen molar-refractivity contribution in [2.24, 2.45) is 0 Å².